The summed E-state index contributed by atoms with van der Waals surface area (Å²) >= 11 is 2.64. The van der Waals surface area contributed by atoms with Crippen LogP contribution in [0.15, 0.2) is 11.7 Å². The molecule has 0 unspecified atom stereocenters. The minimum absolute atomic E-state index is 0.00105. The summed E-state index contributed by atoms with van der Waals surface area (Å²) in [5, 5.41) is 3.03. The van der Waals surface area contributed by atoms with Crippen molar-refractivity contribution in [1.82, 2.24) is 19.0 Å². The van der Waals surface area contributed by atoms with Gasteiger partial charge in [-0.1, -0.05) is 0 Å². The molecule has 1 aliphatic rings. The van der Waals surface area contributed by atoms with E-state index >= 15 is 0 Å². The smallest absolute Gasteiger partial charge is 0.263 e. The SMILES string of the molecule is Cc1ncsc1C(=O)NCC1CCN(c2cnsn2)CC1. The molecule has 0 aromatic carbocycles. The minimum Gasteiger partial charge on any atom is -0.354 e. The summed E-state index contributed by atoms with van der Waals surface area (Å²) in [5.74, 6) is 1.51. The van der Waals surface area contributed by atoms with Crippen LogP contribution in [0.2, 0.25) is 0 Å². The van der Waals surface area contributed by atoms with Crippen molar-refractivity contribution in [3.05, 3.63) is 22.3 Å². The Hall–Kier alpha value is -1.54. The number of carbonyl (C=O) groups is 1. The van der Waals surface area contributed by atoms with Crippen LogP contribution in [-0.2, 0) is 0 Å². The molecule has 6 nitrogen and oxygen atoms in total. The number of nitrogens with one attached hydrogen (secondary N) is 1. The highest BCUT2D eigenvalue weighted by molar-refractivity contribution is 7.11. The average molecular weight is 323 g/mol. The Kier molecular flexibility index (Phi) is 4.45. The zero-order valence-corrected chi connectivity index (χ0v) is 13.4. The summed E-state index contributed by atoms with van der Waals surface area (Å²) in [4.78, 5) is 19.1. The van der Waals surface area contributed by atoms with Gasteiger partial charge in [-0.3, -0.25) is 4.79 Å². The molecule has 2 aromatic rings. The van der Waals surface area contributed by atoms with Crippen LogP contribution < -0.4 is 10.2 Å². The molecule has 3 rings (SSSR count). The molecule has 3 heterocycles. The number of piperidine rings is 1. The van der Waals surface area contributed by atoms with E-state index in [-0.39, 0.29) is 5.91 Å². The molecule has 112 valence electrons. The molecule has 0 spiro atoms. The topological polar surface area (TPSA) is 71.0 Å². The Morgan fingerprint density at radius 1 is 1.48 bits per heavy atom. The van der Waals surface area contributed by atoms with Crippen LogP contribution in [0.5, 0.6) is 0 Å². The van der Waals surface area contributed by atoms with Gasteiger partial charge >= 0.3 is 0 Å². The van der Waals surface area contributed by atoms with Gasteiger partial charge in [-0.15, -0.1) is 11.3 Å². The Labute approximate surface area is 131 Å². The van der Waals surface area contributed by atoms with E-state index in [0.29, 0.717) is 5.92 Å². The van der Waals surface area contributed by atoms with Crippen molar-refractivity contribution in [2.75, 3.05) is 24.5 Å². The first-order chi connectivity index (χ1) is 10.2. The number of aromatic nitrogens is 3. The van der Waals surface area contributed by atoms with E-state index < -0.39 is 0 Å². The second kappa shape index (κ2) is 6.48. The maximum absolute atomic E-state index is 12.1. The highest BCUT2D eigenvalue weighted by Gasteiger charge is 2.21. The van der Waals surface area contributed by atoms with Gasteiger partial charge in [0.15, 0.2) is 5.82 Å². The minimum atomic E-state index is 0.00105. The molecule has 1 saturated heterocycles. The van der Waals surface area contributed by atoms with Crippen LogP contribution in [0, 0.1) is 12.8 Å². The van der Waals surface area contributed by atoms with Crippen LogP contribution in [0.4, 0.5) is 5.82 Å². The van der Waals surface area contributed by atoms with Crippen LogP contribution in [0.3, 0.4) is 0 Å². The third kappa shape index (κ3) is 3.38. The van der Waals surface area contributed by atoms with Gasteiger partial charge in [0.2, 0.25) is 0 Å². The number of hydrogen-bond donors (Lipinski definition) is 1. The first kappa shape index (κ1) is 14.4. The van der Waals surface area contributed by atoms with E-state index in [1.165, 1.54) is 23.1 Å². The largest absolute Gasteiger partial charge is 0.354 e. The van der Waals surface area contributed by atoms with Crippen molar-refractivity contribution in [3.63, 3.8) is 0 Å². The van der Waals surface area contributed by atoms with Gasteiger partial charge in [-0.05, 0) is 25.7 Å². The van der Waals surface area contributed by atoms with Crippen LogP contribution in [0.1, 0.15) is 28.2 Å². The first-order valence-electron chi connectivity index (χ1n) is 6.95. The van der Waals surface area contributed by atoms with Crippen molar-refractivity contribution in [2.24, 2.45) is 5.92 Å². The molecule has 0 saturated carbocycles. The summed E-state index contributed by atoms with van der Waals surface area (Å²) in [6.45, 7) is 4.56. The Bertz CT molecular complexity index is 589. The predicted octanol–water partition coefficient (Wildman–Crippen LogP) is 1.95. The molecular weight excluding hydrogens is 306 g/mol. The lowest BCUT2D eigenvalue weighted by Gasteiger charge is -2.31. The summed E-state index contributed by atoms with van der Waals surface area (Å²) in [6, 6.07) is 0. The van der Waals surface area contributed by atoms with Crippen molar-refractivity contribution in [3.8, 4) is 0 Å². The lowest BCUT2D eigenvalue weighted by molar-refractivity contribution is 0.0948. The quantitative estimate of drug-likeness (QED) is 0.931. The molecule has 21 heavy (non-hydrogen) atoms. The molecule has 8 heteroatoms. The molecule has 0 radical (unpaired) electrons. The highest BCUT2D eigenvalue weighted by atomic mass is 32.1. The predicted molar refractivity (Wildman–Crippen MR) is 84.0 cm³/mol. The zero-order valence-electron chi connectivity index (χ0n) is 11.8. The van der Waals surface area contributed by atoms with Crippen LogP contribution in [0.25, 0.3) is 0 Å². The summed E-state index contributed by atoms with van der Waals surface area (Å²) in [6.07, 6.45) is 3.96. The molecule has 1 fully saturated rings. The maximum Gasteiger partial charge on any atom is 0.263 e. The molecule has 0 atom stereocenters. The summed E-state index contributed by atoms with van der Waals surface area (Å²) in [7, 11) is 0. The van der Waals surface area contributed by atoms with E-state index in [9.17, 15) is 4.79 Å². The molecule has 1 aliphatic heterocycles. The van der Waals surface area contributed by atoms with E-state index in [1.54, 1.807) is 5.51 Å². The Morgan fingerprint density at radius 2 is 2.29 bits per heavy atom. The van der Waals surface area contributed by atoms with Gasteiger partial charge < -0.3 is 10.2 Å². The van der Waals surface area contributed by atoms with Crippen molar-refractivity contribution in [2.45, 2.75) is 19.8 Å². The molecule has 1 amide bonds. The first-order valence-corrected chi connectivity index (χ1v) is 8.56. The lowest BCUT2D eigenvalue weighted by Crippen LogP contribution is -2.38. The fourth-order valence-electron chi connectivity index (χ4n) is 2.50. The third-order valence-corrected chi connectivity index (χ3v) is 5.19. The Balaban J connectivity index is 1.46. The standard InChI is InChI=1S/C13H17N5OS2/c1-9-12(20-8-15-9)13(19)14-6-10-2-4-18(5-3-10)11-7-16-21-17-11/h7-8,10H,2-6H2,1H3,(H,14,19). The van der Waals surface area contributed by atoms with Gasteiger partial charge in [0.1, 0.15) is 4.88 Å². The van der Waals surface area contributed by atoms with Crippen molar-refractivity contribution in [1.29, 1.82) is 0 Å². The van der Waals surface area contributed by atoms with Crippen LogP contribution >= 0.6 is 23.1 Å². The van der Waals surface area contributed by atoms with E-state index in [2.05, 4.69) is 23.9 Å². The van der Waals surface area contributed by atoms with Gasteiger partial charge in [0.25, 0.3) is 5.91 Å². The number of hydrogen-bond acceptors (Lipinski definition) is 7. The van der Waals surface area contributed by atoms with Crippen molar-refractivity contribution < 1.29 is 4.79 Å². The van der Waals surface area contributed by atoms with Gasteiger partial charge in [0, 0.05) is 19.6 Å². The number of rotatable bonds is 4. The highest BCUT2D eigenvalue weighted by Crippen LogP contribution is 2.21. The molecule has 0 bridgehead atoms. The number of amides is 1. The monoisotopic (exact) mass is 323 g/mol. The van der Waals surface area contributed by atoms with Gasteiger partial charge in [-0.2, -0.15) is 8.75 Å². The number of carbonyl (C=O) groups excluding carboxylic acids is 1. The lowest BCUT2D eigenvalue weighted by atomic mass is 9.97. The van der Waals surface area contributed by atoms with Crippen LogP contribution in [-0.4, -0.2) is 39.3 Å². The van der Waals surface area contributed by atoms with E-state index in [0.717, 1.165) is 48.9 Å². The number of anilines is 1. The number of nitrogens with zero attached hydrogens (tertiary/aromatic N) is 4. The molecular formula is C13H17N5OS2. The van der Waals surface area contributed by atoms with Gasteiger partial charge in [-0.25, -0.2) is 4.98 Å². The molecule has 0 aliphatic carbocycles. The second-order valence-electron chi connectivity index (χ2n) is 5.17. The number of aryl methyl sites for hydroxylation is 1. The van der Waals surface area contributed by atoms with E-state index in [4.69, 9.17) is 0 Å². The van der Waals surface area contributed by atoms with E-state index in [1.807, 2.05) is 13.1 Å². The third-order valence-electron chi connectivity index (χ3n) is 3.79. The fourth-order valence-corrected chi connectivity index (χ4v) is 3.66. The maximum atomic E-state index is 12.1. The summed E-state index contributed by atoms with van der Waals surface area (Å²) in [5.41, 5.74) is 2.52. The zero-order chi connectivity index (χ0) is 14.7. The molecule has 2 aromatic heterocycles. The number of thiazole rings is 1. The second-order valence-corrected chi connectivity index (χ2v) is 6.58. The molecule has 1 N–H and O–H groups in total. The Morgan fingerprint density at radius 3 is 2.90 bits per heavy atom. The van der Waals surface area contributed by atoms with Crippen molar-refractivity contribution >= 4 is 34.8 Å². The summed E-state index contributed by atoms with van der Waals surface area (Å²) < 4.78 is 8.30. The van der Waals surface area contributed by atoms with Gasteiger partial charge in [0.05, 0.1) is 29.1 Å². The normalized spacial score (nSPS) is 16.1. The average Bonchev–Trinajstić information content (AvgIpc) is 3.16. The fraction of sp³-hybridized carbons (Fsp3) is 0.538.